The number of halogens is 1. The number of nitrogens with zero attached hydrogens (tertiary/aromatic N) is 3. The van der Waals surface area contributed by atoms with Gasteiger partial charge in [-0.25, -0.2) is 0 Å². The first-order valence-corrected chi connectivity index (χ1v) is 10.9. The van der Waals surface area contributed by atoms with Crippen LogP contribution in [0.4, 0.5) is 0 Å². The van der Waals surface area contributed by atoms with E-state index in [-0.39, 0.29) is 24.0 Å². The first kappa shape index (κ1) is 22.5. The van der Waals surface area contributed by atoms with Crippen LogP contribution in [0.25, 0.3) is 0 Å². The first-order chi connectivity index (χ1) is 12.2. The largest absolute Gasteiger partial charge is 0.381 e. The second-order valence-electron chi connectivity index (χ2n) is 7.41. The smallest absolute Gasteiger partial charge is 0.193 e. The highest BCUT2D eigenvalue weighted by atomic mass is 127. The summed E-state index contributed by atoms with van der Waals surface area (Å²) in [6.07, 6.45) is 5.74. The molecule has 152 valence electrons. The summed E-state index contributed by atoms with van der Waals surface area (Å²) < 4.78 is 11.3. The highest BCUT2D eigenvalue weighted by Gasteiger charge is 2.33. The van der Waals surface area contributed by atoms with Gasteiger partial charge in [0.25, 0.3) is 0 Å². The fourth-order valence-corrected chi connectivity index (χ4v) is 4.88. The van der Waals surface area contributed by atoms with Crippen LogP contribution in [0.1, 0.15) is 19.3 Å². The van der Waals surface area contributed by atoms with Gasteiger partial charge < -0.3 is 19.7 Å². The van der Waals surface area contributed by atoms with Crippen molar-refractivity contribution in [2.24, 2.45) is 10.9 Å². The molecular weight excluding hydrogens is 463 g/mol. The molecule has 26 heavy (non-hydrogen) atoms. The molecular formula is C18H35IN4O2S. The second kappa shape index (κ2) is 11.3. The molecule has 3 aliphatic heterocycles. The molecule has 0 aliphatic carbocycles. The number of hydrogen-bond donors (Lipinski definition) is 1. The molecule has 0 aromatic carbocycles. The third kappa shape index (κ3) is 6.12. The molecule has 1 atom stereocenters. The number of hydrogen-bond acceptors (Lipinski definition) is 5. The highest BCUT2D eigenvalue weighted by Crippen LogP contribution is 2.33. The maximum atomic E-state index is 5.55. The third-order valence-electron chi connectivity index (χ3n) is 5.82. The summed E-state index contributed by atoms with van der Waals surface area (Å²) >= 11 is 1.98. The van der Waals surface area contributed by atoms with Crippen LogP contribution in [0.3, 0.4) is 0 Å². The van der Waals surface area contributed by atoms with Crippen molar-refractivity contribution in [2.45, 2.75) is 24.0 Å². The van der Waals surface area contributed by atoms with Gasteiger partial charge in [-0.3, -0.25) is 9.89 Å². The van der Waals surface area contributed by atoms with Crippen LogP contribution < -0.4 is 5.32 Å². The minimum absolute atomic E-state index is 0. The lowest BCUT2D eigenvalue weighted by atomic mass is 9.99. The van der Waals surface area contributed by atoms with Crippen molar-refractivity contribution in [1.82, 2.24) is 15.1 Å². The molecule has 1 N–H and O–H groups in total. The van der Waals surface area contributed by atoms with Gasteiger partial charge in [-0.2, -0.15) is 11.8 Å². The van der Waals surface area contributed by atoms with E-state index in [1.165, 1.54) is 13.0 Å². The number of ether oxygens (including phenoxy) is 2. The molecule has 0 saturated carbocycles. The molecule has 3 rings (SSSR count). The SMILES string of the molecule is CN=C(NCC1(SC)CCOCC1)N1CCC(CN2CCOCC2)C1.I. The average molecular weight is 498 g/mol. The molecule has 0 aromatic heterocycles. The Morgan fingerprint density at radius 1 is 1.15 bits per heavy atom. The molecule has 0 aromatic rings. The molecule has 0 amide bonds. The zero-order valence-corrected chi connectivity index (χ0v) is 19.4. The van der Waals surface area contributed by atoms with Crippen molar-refractivity contribution in [3.63, 3.8) is 0 Å². The quantitative estimate of drug-likeness (QED) is 0.354. The zero-order valence-electron chi connectivity index (χ0n) is 16.2. The summed E-state index contributed by atoms with van der Waals surface area (Å²) in [6.45, 7) is 10.1. The Hall–Kier alpha value is 0.230. The minimum Gasteiger partial charge on any atom is -0.381 e. The Kier molecular flexibility index (Phi) is 9.77. The van der Waals surface area contributed by atoms with Crippen LogP contribution in [0, 0.1) is 5.92 Å². The Morgan fingerprint density at radius 2 is 1.85 bits per heavy atom. The normalized spacial score (nSPS) is 27.2. The highest BCUT2D eigenvalue weighted by molar-refractivity contribution is 14.0. The van der Waals surface area contributed by atoms with Crippen LogP contribution in [-0.2, 0) is 9.47 Å². The molecule has 0 bridgehead atoms. The van der Waals surface area contributed by atoms with E-state index in [1.807, 2.05) is 18.8 Å². The van der Waals surface area contributed by atoms with Gasteiger partial charge in [0.2, 0.25) is 0 Å². The number of thioether (sulfide) groups is 1. The lowest BCUT2D eigenvalue weighted by Gasteiger charge is -2.37. The lowest BCUT2D eigenvalue weighted by molar-refractivity contribution is 0.0315. The summed E-state index contributed by atoms with van der Waals surface area (Å²) in [7, 11) is 1.91. The summed E-state index contributed by atoms with van der Waals surface area (Å²) in [6, 6.07) is 0. The monoisotopic (exact) mass is 498 g/mol. The van der Waals surface area contributed by atoms with Gasteiger partial charge in [-0.15, -0.1) is 24.0 Å². The van der Waals surface area contributed by atoms with Gasteiger partial charge in [0.05, 0.1) is 13.2 Å². The molecule has 1 unspecified atom stereocenters. The van der Waals surface area contributed by atoms with Gasteiger partial charge in [-0.05, 0) is 31.4 Å². The number of rotatable bonds is 5. The van der Waals surface area contributed by atoms with Crippen molar-refractivity contribution in [3.8, 4) is 0 Å². The van der Waals surface area contributed by atoms with Crippen molar-refractivity contribution < 1.29 is 9.47 Å². The van der Waals surface area contributed by atoms with E-state index < -0.39 is 0 Å². The summed E-state index contributed by atoms with van der Waals surface area (Å²) in [5.74, 6) is 1.82. The first-order valence-electron chi connectivity index (χ1n) is 9.63. The van der Waals surface area contributed by atoms with Crippen molar-refractivity contribution >= 4 is 41.7 Å². The topological polar surface area (TPSA) is 49.3 Å². The number of nitrogens with one attached hydrogen (secondary N) is 1. The number of guanidine groups is 1. The van der Waals surface area contributed by atoms with Crippen molar-refractivity contribution in [2.75, 3.05) is 79.0 Å². The Labute approximate surface area is 179 Å². The Bertz CT molecular complexity index is 443. The van der Waals surface area contributed by atoms with E-state index in [9.17, 15) is 0 Å². The predicted octanol–water partition coefficient (Wildman–Crippen LogP) is 1.75. The van der Waals surface area contributed by atoms with Gasteiger partial charge in [-0.1, -0.05) is 0 Å². The van der Waals surface area contributed by atoms with Crippen LogP contribution in [-0.4, -0.2) is 99.5 Å². The average Bonchev–Trinajstić information content (AvgIpc) is 3.12. The summed E-state index contributed by atoms with van der Waals surface area (Å²) in [4.78, 5) is 9.56. The predicted molar refractivity (Wildman–Crippen MR) is 120 cm³/mol. The standard InChI is InChI=1S/C18H34N4O2S.HI/c1-19-17(20-15-18(25-2)4-9-23-10-5-18)22-6-3-16(14-22)13-21-7-11-24-12-8-21;/h16H,3-15H2,1-2H3,(H,19,20);1H. The van der Waals surface area contributed by atoms with E-state index in [1.54, 1.807) is 0 Å². The second-order valence-corrected chi connectivity index (χ2v) is 8.69. The van der Waals surface area contributed by atoms with E-state index in [0.717, 1.165) is 83.9 Å². The van der Waals surface area contributed by atoms with Gasteiger partial charge in [0, 0.05) is 64.3 Å². The molecule has 3 aliphatic rings. The minimum atomic E-state index is 0. The fraction of sp³-hybridized carbons (Fsp3) is 0.944. The van der Waals surface area contributed by atoms with Crippen LogP contribution in [0.15, 0.2) is 4.99 Å². The van der Waals surface area contributed by atoms with E-state index in [4.69, 9.17) is 9.47 Å². The molecule has 3 saturated heterocycles. The molecule has 3 fully saturated rings. The van der Waals surface area contributed by atoms with Crippen LogP contribution in [0.5, 0.6) is 0 Å². The zero-order chi connectivity index (χ0) is 17.5. The molecule has 3 heterocycles. The summed E-state index contributed by atoms with van der Waals surface area (Å²) in [5, 5.41) is 3.66. The number of morpholine rings is 1. The van der Waals surface area contributed by atoms with Gasteiger partial charge >= 0.3 is 0 Å². The van der Waals surface area contributed by atoms with Gasteiger partial charge in [0.15, 0.2) is 5.96 Å². The maximum Gasteiger partial charge on any atom is 0.193 e. The number of aliphatic imine (C=N–C) groups is 1. The van der Waals surface area contributed by atoms with E-state index >= 15 is 0 Å². The Morgan fingerprint density at radius 3 is 2.50 bits per heavy atom. The van der Waals surface area contributed by atoms with Crippen molar-refractivity contribution in [1.29, 1.82) is 0 Å². The molecule has 0 radical (unpaired) electrons. The van der Waals surface area contributed by atoms with Crippen molar-refractivity contribution in [3.05, 3.63) is 0 Å². The van der Waals surface area contributed by atoms with Gasteiger partial charge in [0.1, 0.15) is 0 Å². The van der Waals surface area contributed by atoms with Crippen LogP contribution >= 0.6 is 35.7 Å². The van der Waals surface area contributed by atoms with Crippen LogP contribution in [0.2, 0.25) is 0 Å². The molecule has 8 heteroatoms. The molecule has 6 nitrogen and oxygen atoms in total. The molecule has 0 spiro atoms. The fourth-order valence-electron chi connectivity index (χ4n) is 4.09. The summed E-state index contributed by atoms with van der Waals surface area (Å²) in [5.41, 5.74) is 0. The maximum absolute atomic E-state index is 5.55. The van der Waals surface area contributed by atoms with E-state index in [0.29, 0.717) is 4.75 Å². The lowest BCUT2D eigenvalue weighted by Crippen LogP contribution is -2.49. The van der Waals surface area contributed by atoms with E-state index in [2.05, 4.69) is 26.4 Å². The Balaban J connectivity index is 0.00000243. The third-order valence-corrected chi connectivity index (χ3v) is 7.24. The number of likely N-dealkylation sites (tertiary alicyclic amines) is 1.